The molecule has 0 saturated heterocycles. The molecule has 8 nitrogen and oxygen atoms in total. The molecule has 0 spiro atoms. The summed E-state index contributed by atoms with van der Waals surface area (Å²) in [5.41, 5.74) is 7.44. The van der Waals surface area contributed by atoms with E-state index < -0.39 is 6.03 Å². The average Bonchev–Trinajstić information content (AvgIpc) is 3.10. The molecule has 0 aliphatic heterocycles. The summed E-state index contributed by atoms with van der Waals surface area (Å²) in [5.74, 6) is 2.77. The van der Waals surface area contributed by atoms with Crippen molar-refractivity contribution in [3.8, 4) is 23.0 Å². The highest BCUT2D eigenvalue weighted by atomic mass is 16.5. The van der Waals surface area contributed by atoms with Crippen molar-refractivity contribution in [1.82, 2.24) is 10.0 Å². The van der Waals surface area contributed by atoms with Gasteiger partial charge in [0.15, 0.2) is 0 Å². The van der Waals surface area contributed by atoms with E-state index in [2.05, 4.69) is 4.98 Å². The summed E-state index contributed by atoms with van der Waals surface area (Å²) >= 11 is 0. The second kappa shape index (κ2) is 9.11. The van der Waals surface area contributed by atoms with E-state index in [1.807, 2.05) is 31.2 Å². The smallest absolute Gasteiger partial charge is 0.338 e. The fraction of sp³-hybridized carbons (Fsp3) is 0.238. The SMILES string of the molecule is COc1ccc(-c2nc(CCOc3ccc(CN(O)C(N)=O)cc3)c(C)o2)cc1. The number of methoxy groups -OCH3 is 1. The highest BCUT2D eigenvalue weighted by Gasteiger charge is 2.12. The van der Waals surface area contributed by atoms with Gasteiger partial charge in [0.1, 0.15) is 17.3 Å². The molecule has 0 aliphatic carbocycles. The molecule has 3 rings (SSSR count). The van der Waals surface area contributed by atoms with Crippen LogP contribution < -0.4 is 15.2 Å². The molecule has 0 aliphatic rings. The molecule has 8 heteroatoms. The van der Waals surface area contributed by atoms with Crippen molar-refractivity contribution in [2.75, 3.05) is 13.7 Å². The maximum Gasteiger partial charge on any atom is 0.338 e. The third-order valence-corrected chi connectivity index (χ3v) is 4.35. The number of hydrogen-bond acceptors (Lipinski definition) is 6. The fourth-order valence-electron chi connectivity index (χ4n) is 2.72. The van der Waals surface area contributed by atoms with Gasteiger partial charge in [-0.3, -0.25) is 5.21 Å². The first-order valence-corrected chi connectivity index (χ1v) is 9.04. The summed E-state index contributed by atoms with van der Waals surface area (Å²) in [4.78, 5) is 15.4. The summed E-state index contributed by atoms with van der Waals surface area (Å²) in [7, 11) is 1.62. The minimum Gasteiger partial charge on any atom is -0.497 e. The molecule has 3 aromatic rings. The van der Waals surface area contributed by atoms with Crippen LogP contribution in [0.25, 0.3) is 11.5 Å². The zero-order chi connectivity index (χ0) is 20.8. The number of ether oxygens (including phenoxy) is 2. The van der Waals surface area contributed by atoms with Gasteiger partial charge in [0, 0.05) is 12.0 Å². The molecule has 0 radical (unpaired) electrons. The van der Waals surface area contributed by atoms with Gasteiger partial charge in [0.2, 0.25) is 5.89 Å². The average molecular weight is 397 g/mol. The molecule has 0 atom stereocenters. The zero-order valence-corrected chi connectivity index (χ0v) is 16.3. The number of primary amides is 1. The van der Waals surface area contributed by atoms with Gasteiger partial charge in [-0.05, 0) is 48.9 Å². The minimum atomic E-state index is -0.901. The number of aromatic nitrogens is 1. The normalized spacial score (nSPS) is 10.6. The van der Waals surface area contributed by atoms with Gasteiger partial charge in [-0.25, -0.2) is 14.8 Å². The number of benzene rings is 2. The largest absolute Gasteiger partial charge is 0.497 e. The molecule has 152 valence electrons. The number of oxazole rings is 1. The highest BCUT2D eigenvalue weighted by Crippen LogP contribution is 2.24. The lowest BCUT2D eigenvalue weighted by Crippen LogP contribution is -2.31. The number of rotatable bonds is 8. The van der Waals surface area contributed by atoms with Crippen LogP contribution in [0, 0.1) is 6.92 Å². The van der Waals surface area contributed by atoms with Gasteiger partial charge in [0.05, 0.1) is 26.0 Å². The van der Waals surface area contributed by atoms with Crippen LogP contribution in [0.5, 0.6) is 11.5 Å². The van der Waals surface area contributed by atoms with Crippen LogP contribution >= 0.6 is 0 Å². The molecule has 3 N–H and O–H groups in total. The lowest BCUT2D eigenvalue weighted by molar-refractivity contribution is -0.0470. The van der Waals surface area contributed by atoms with Gasteiger partial charge in [0.25, 0.3) is 0 Å². The first kappa shape index (κ1) is 20.2. The molecule has 0 bridgehead atoms. The maximum absolute atomic E-state index is 10.8. The van der Waals surface area contributed by atoms with Crippen LogP contribution in [0.4, 0.5) is 4.79 Å². The van der Waals surface area contributed by atoms with E-state index in [0.29, 0.717) is 29.7 Å². The molecular weight excluding hydrogens is 374 g/mol. The Morgan fingerprint density at radius 3 is 2.41 bits per heavy atom. The Balaban J connectivity index is 1.55. The number of carbonyl (C=O) groups is 1. The first-order valence-electron chi connectivity index (χ1n) is 9.04. The van der Waals surface area contributed by atoms with Gasteiger partial charge in [-0.1, -0.05) is 12.1 Å². The molecule has 0 saturated carbocycles. The minimum absolute atomic E-state index is 0.0158. The molecular formula is C21H23N3O5. The zero-order valence-electron chi connectivity index (χ0n) is 16.3. The second-order valence-electron chi connectivity index (χ2n) is 6.39. The maximum atomic E-state index is 10.8. The topological polar surface area (TPSA) is 111 Å². The van der Waals surface area contributed by atoms with Gasteiger partial charge >= 0.3 is 6.03 Å². The van der Waals surface area contributed by atoms with Crippen molar-refractivity contribution in [3.63, 3.8) is 0 Å². The highest BCUT2D eigenvalue weighted by molar-refractivity contribution is 5.70. The number of carbonyl (C=O) groups excluding carboxylic acids is 1. The standard InChI is InChI=1S/C21H23N3O5/c1-14-19(23-20(29-14)16-5-9-17(27-2)10-6-16)11-12-28-18-7-3-15(4-8-18)13-24(26)21(22)25/h3-10,26H,11-13H2,1-2H3,(H2,22,25). The van der Waals surface area contributed by atoms with Crippen molar-refractivity contribution < 1.29 is 23.9 Å². The Kier molecular flexibility index (Phi) is 6.36. The van der Waals surface area contributed by atoms with Gasteiger partial charge < -0.3 is 19.6 Å². The number of amides is 2. The Hall–Kier alpha value is -3.52. The van der Waals surface area contributed by atoms with E-state index in [1.54, 1.807) is 31.4 Å². The van der Waals surface area contributed by atoms with Crippen LogP contribution in [-0.2, 0) is 13.0 Å². The third kappa shape index (κ3) is 5.26. The molecule has 0 fully saturated rings. The molecule has 1 aromatic heterocycles. The number of hydrogen-bond donors (Lipinski definition) is 2. The quantitative estimate of drug-likeness (QED) is 0.444. The molecule has 0 unspecified atom stereocenters. The number of hydroxylamine groups is 2. The van der Waals surface area contributed by atoms with Crippen LogP contribution in [-0.4, -0.2) is 35.0 Å². The van der Waals surface area contributed by atoms with Crippen LogP contribution in [0.3, 0.4) is 0 Å². The molecule has 2 aromatic carbocycles. The van der Waals surface area contributed by atoms with E-state index in [9.17, 15) is 10.0 Å². The van der Waals surface area contributed by atoms with Crippen molar-refractivity contribution >= 4 is 6.03 Å². The lowest BCUT2D eigenvalue weighted by Gasteiger charge is -2.12. The number of nitrogens with zero attached hydrogens (tertiary/aromatic N) is 2. The number of aryl methyl sites for hydroxylation is 1. The predicted molar refractivity (Wildman–Crippen MR) is 106 cm³/mol. The monoisotopic (exact) mass is 397 g/mol. The van der Waals surface area contributed by atoms with Crippen LogP contribution in [0.1, 0.15) is 17.0 Å². The lowest BCUT2D eigenvalue weighted by atomic mass is 10.2. The van der Waals surface area contributed by atoms with E-state index in [1.165, 1.54) is 0 Å². The van der Waals surface area contributed by atoms with E-state index >= 15 is 0 Å². The Labute approximate surface area is 168 Å². The summed E-state index contributed by atoms with van der Waals surface area (Å²) in [6.07, 6.45) is 0.597. The fourth-order valence-corrected chi connectivity index (χ4v) is 2.72. The summed E-state index contributed by atoms with van der Waals surface area (Å²) in [6.45, 7) is 2.33. The second-order valence-corrected chi connectivity index (χ2v) is 6.39. The molecule has 2 amide bonds. The summed E-state index contributed by atoms with van der Waals surface area (Å²) < 4.78 is 16.7. The number of nitrogens with two attached hydrogens (primary N) is 1. The van der Waals surface area contributed by atoms with Crippen LogP contribution in [0.2, 0.25) is 0 Å². The Bertz CT molecular complexity index is 951. The summed E-state index contributed by atoms with van der Waals surface area (Å²) in [5, 5.41) is 9.81. The Morgan fingerprint density at radius 1 is 1.14 bits per heavy atom. The van der Waals surface area contributed by atoms with E-state index in [0.717, 1.165) is 28.3 Å². The van der Waals surface area contributed by atoms with Crippen LogP contribution in [0.15, 0.2) is 52.9 Å². The predicted octanol–water partition coefficient (Wildman–Crippen LogP) is 3.55. The van der Waals surface area contributed by atoms with Crippen molar-refractivity contribution in [1.29, 1.82) is 0 Å². The molecule has 29 heavy (non-hydrogen) atoms. The van der Waals surface area contributed by atoms with Crippen molar-refractivity contribution in [2.24, 2.45) is 5.73 Å². The van der Waals surface area contributed by atoms with Gasteiger partial charge in [-0.15, -0.1) is 0 Å². The van der Waals surface area contributed by atoms with E-state index in [-0.39, 0.29) is 6.54 Å². The molecule has 1 heterocycles. The third-order valence-electron chi connectivity index (χ3n) is 4.35. The first-order chi connectivity index (χ1) is 14.0. The van der Waals surface area contributed by atoms with Crippen molar-refractivity contribution in [2.45, 2.75) is 19.9 Å². The number of urea groups is 1. The van der Waals surface area contributed by atoms with Gasteiger partial charge in [-0.2, -0.15) is 0 Å². The summed E-state index contributed by atoms with van der Waals surface area (Å²) in [6, 6.07) is 13.7. The van der Waals surface area contributed by atoms with E-state index in [4.69, 9.17) is 19.6 Å². The Morgan fingerprint density at radius 2 is 1.79 bits per heavy atom. The van der Waals surface area contributed by atoms with Crippen molar-refractivity contribution in [3.05, 3.63) is 65.5 Å².